The summed E-state index contributed by atoms with van der Waals surface area (Å²) in [5.41, 5.74) is -1.07. The summed E-state index contributed by atoms with van der Waals surface area (Å²) in [7, 11) is 0. The maximum Gasteiger partial charge on any atom is 0.408 e. The summed E-state index contributed by atoms with van der Waals surface area (Å²) in [6.45, 7) is 4.81. The van der Waals surface area contributed by atoms with E-state index in [1.54, 1.807) is 26.8 Å². The Morgan fingerprint density at radius 3 is 2.39 bits per heavy atom. The van der Waals surface area contributed by atoms with Gasteiger partial charge in [0, 0.05) is 6.42 Å². The number of halogens is 2. The lowest BCUT2D eigenvalue weighted by molar-refractivity contribution is -0.139. The zero-order valence-electron chi connectivity index (χ0n) is 12.8. The van der Waals surface area contributed by atoms with E-state index in [9.17, 15) is 18.4 Å². The van der Waals surface area contributed by atoms with Crippen molar-refractivity contribution in [3.63, 3.8) is 0 Å². The third-order valence-electron chi connectivity index (χ3n) is 2.68. The molecule has 1 unspecified atom stereocenters. The van der Waals surface area contributed by atoms with Crippen LogP contribution >= 0.6 is 0 Å². The number of nitriles is 1. The minimum Gasteiger partial charge on any atom is -0.480 e. The number of carbonyl (C=O) groups is 2. The van der Waals surface area contributed by atoms with Crippen LogP contribution < -0.4 is 5.32 Å². The molecule has 0 saturated heterocycles. The Morgan fingerprint density at radius 1 is 1.35 bits per heavy atom. The van der Waals surface area contributed by atoms with E-state index in [1.165, 1.54) is 0 Å². The maximum absolute atomic E-state index is 13.3. The van der Waals surface area contributed by atoms with Crippen molar-refractivity contribution >= 4 is 12.1 Å². The van der Waals surface area contributed by atoms with Gasteiger partial charge >= 0.3 is 12.1 Å². The third-order valence-corrected chi connectivity index (χ3v) is 2.68. The first-order chi connectivity index (χ1) is 10.5. The van der Waals surface area contributed by atoms with Crippen LogP contribution in [0.15, 0.2) is 12.1 Å². The third kappa shape index (κ3) is 5.54. The van der Waals surface area contributed by atoms with Gasteiger partial charge in [0.1, 0.15) is 11.6 Å². The lowest BCUT2D eigenvalue weighted by Crippen LogP contribution is -2.44. The van der Waals surface area contributed by atoms with Crippen molar-refractivity contribution in [1.29, 1.82) is 5.26 Å². The molecular weight excluding hydrogens is 310 g/mol. The molecule has 0 saturated carbocycles. The van der Waals surface area contributed by atoms with Crippen LogP contribution in [0, 0.1) is 23.0 Å². The molecule has 0 aliphatic heterocycles. The van der Waals surface area contributed by atoms with Gasteiger partial charge in [0.25, 0.3) is 0 Å². The first kappa shape index (κ1) is 18.4. The van der Waals surface area contributed by atoms with Gasteiger partial charge in [-0.1, -0.05) is 0 Å². The number of nitrogens with zero attached hydrogens (tertiary/aromatic N) is 1. The normalized spacial score (nSPS) is 12.2. The number of hydrogen-bond acceptors (Lipinski definition) is 4. The van der Waals surface area contributed by atoms with Crippen LogP contribution in [0.25, 0.3) is 0 Å². The highest BCUT2D eigenvalue weighted by molar-refractivity contribution is 5.80. The Morgan fingerprint density at radius 2 is 1.91 bits per heavy atom. The van der Waals surface area contributed by atoms with Crippen LogP contribution in [0.1, 0.15) is 31.9 Å². The summed E-state index contributed by atoms with van der Waals surface area (Å²) in [4.78, 5) is 22.9. The van der Waals surface area contributed by atoms with Crippen LogP contribution in [-0.4, -0.2) is 28.8 Å². The van der Waals surface area contributed by atoms with Gasteiger partial charge in [0.05, 0.1) is 11.6 Å². The minimum atomic E-state index is -1.46. The largest absolute Gasteiger partial charge is 0.480 e. The van der Waals surface area contributed by atoms with Gasteiger partial charge in [-0.25, -0.2) is 18.4 Å². The number of amides is 1. The molecule has 0 bridgehead atoms. The van der Waals surface area contributed by atoms with Crippen LogP contribution in [0.3, 0.4) is 0 Å². The van der Waals surface area contributed by atoms with E-state index in [-0.39, 0.29) is 11.1 Å². The van der Waals surface area contributed by atoms with Crippen molar-refractivity contribution in [2.24, 2.45) is 0 Å². The number of aliphatic carboxylic acids is 1. The van der Waals surface area contributed by atoms with Crippen LogP contribution in [0.2, 0.25) is 0 Å². The number of hydrogen-bond donors (Lipinski definition) is 2. The first-order valence-electron chi connectivity index (χ1n) is 6.64. The second-order valence-corrected chi connectivity index (χ2v) is 5.78. The molecular formula is C15H16F2N2O4. The van der Waals surface area contributed by atoms with Crippen molar-refractivity contribution in [3.8, 4) is 6.07 Å². The van der Waals surface area contributed by atoms with E-state index < -0.39 is 41.8 Å². The Hall–Kier alpha value is -2.69. The fraction of sp³-hybridized carbons (Fsp3) is 0.400. The number of nitrogens with one attached hydrogen (secondary N) is 1. The molecule has 23 heavy (non-hydrogen) atoms. The SMILES string of the molecule is CC(C)(C)OC(=O)NC(Cc1cc(F)c(F)cc1C#N)C(=O)O. The lowest BCUT2D eigenvalue weighted by atomic mass is 10.0. The summed E-state index contributed by atoms with van der Waals surface area (Å²) >= 11 is 0. The van der Waals surface area contributed by atoms with Crippen LogP contribution in [0.4, 0.5) is 13.6 Å². The van der Waals surface area contributed by atoms with Gasteiger partial charge < -0.3 is 15.2 Å². The van der Waals surface area contributed by atoms with E-state index in [0.717, 1.165) is 6.07 Å². The predicted molar refractivity (Wildman–Crippen MR) is 75.6 cm³/mol. The Labute approximate surface area is 131 Å². The quantitative estimate of drug-likeness (QED) is 0.885. The highest BCUT2D eigenvalue weighted by atomic mass is 19.2. The molecule has 1 rings (SSSR count). The van der Waals surface area contributed by atoms with E-state index in [4.69, 9.17) is 15.1 Å². The molecule has 0 heterocycles. The molecule has 0 aliphatic rings. The van der Waals surface area contributed by atoms with Crippen molar-refractivity contribution in [2.75, 3.05) is 0 Å². The molecule has 6 nitrogen and oxygen atoms in total. The molecule has 1 aromatic carbocycles. The smallest absolute Gasteiger partial charge is 0.408 e. The van der Waals surface area contributed by atoms with E-state index >= 15 is 0 Å². The lowest BCUT2D eigenvalue weighted by Gasteiger charge is -2.22. The van der Waals surface area contributed by atoms with Crippen molar-refractivity contribution in [3.05, 3.63) is 34.9 Å². The molecule has 124 valence electrons. The fourth-order valence-corrected chi connectivity index (χ4v) is 1.73. The van der Waals surface area contributed by atoms with Crippen molar-refractivity contribution in [2.45, 2.75) is 38.8 Å². The van der Waals surface area contributed by atoms with Gasteiger partial charge in [-0.05, 0) is 38.5 Å². The monoisotopic (exact) mass is 326 g/mol. The Balaban J connectivity index is 2.98. The zero-order chi connectivity index (χ0) is 17.8. The highest BCUT2D eigenvalue weighted by Gasteiger charge is 2.25. The number of alkyl carbamates (subject to hydrolysis) is 1. The molecule has 0 aliphatic carbocycles. The van der Waals surface area contributed by atoms with Crippen LogP contribution in [0.5, 0.6) is 0 Å². The van der Waals surface area contributed by atoms with Crippen LogP contribution in [-0.2, 0) is 16.0 Å². The average molecular weight is 326 g/mol. The summed E-state index contributed by atoms with van der Waals surface area (Å²) in [6.07, 6.45) is -1.36. The summed E-state index contributed by atoms with van der Waals surface area (Å²) in [5.74, 6) is -3.82. The van der Waals surface area contributed by atoms with Gasteiger partial charge in [-0.3, -0.25) is 0 Å². The summed E-state index contributed by atoms with van der Waals surface area (Å²) < 4.78 is 31.3. The molecule has 1 aromatic rings. The molecule has 0 aromatic heterocycles. The Bertz CT molecular complexity index is 663. The van der Waals surface area contributed by atoms with Gasteiger partial charge in [-0.2, -0.15) is 5.26 Å². The highest BCUT2D eigenvalue weighted by Crippen LogP contribution is 2.17. The summed E-state index contributed by atoms with van der Waals surface area (Å²) in [6, 6.07) is 1.61. The number of carbonyl (C=O) groups excluding carboxylic acids is 1. The number of benzene rings is 1. The molecule has 0 fully saturated rings. The minimum absolute atomic E-state index is 0.0325. The maximum atomic E-state index is 13.3. The molecule has 8 heteroatoms. The molecule has 1 atom stereocenters. The summed E-state index contributed by atoms with van der Waals surface area (Å²) in [5, 5.41) is 20.2. The number of ether oxygens (including phenoxy) is 1. The first-order valence-corrected chi connectivity index (χ1v) is 6.64. The van der Waals surface area contributed by atoms with Gasteiger partial charge in [-0.15, -0.1) is 0 Å². The number of carboxylic acids is 1. The molecule has 2 N–H and O–H groups in total. The topological polar surface area (TPSA) is 99.4 Å². The predicted octanol–water partition coefficient (Wildman–Crippen LogP) is 2.36. The van der Waals surface area contributed by atoms with E-state index in [1.807, 2.05) is 0 Å². The van der Waals surface area contributed by atoms with Crippen molar-refractivity contribution in [1.82, 2.24) is 5.32 Å². The van der Waals surface area contributed by atoms with E-state index in [0.29, 0.717) is 6.07 Å². The van der Waals surface area contributed by atoms with Gasteiger partial charge in [0.2, 0.25) is 0 Å². The zero-order valence-corrected chi connectivity index (χ0v) is 12.8. The van der Waals surface area contributed by atoms with Gasteiger partial charge in [0.15, 0.2) is 11.6 Å². The molecule has 0 spiro atoms. The fourth-order valence-electron chi connectivity index (χ4n) is 1.73. The number of carboxylic acid groups (broad SMARTS) is 1. The Kier molecular flexibility index (Phi) is 5.62. The second-order valence-electron chi connectivity index (χ2n) is 5.78. The van der Waals surface area contributed by atoms with E-state index in [2.05, 4.69) is 5.32 Å². The number of rotatable bonds is 4. The average Bonchev–Trinajstić information content (AvgIpc) is 2.39. The standard InChI is InChI=1S/C15H16F2N2O4/c1-15(2,3)23-14(22)19-12(13(20)21)6-8-4-10(16)11(17)5-9(8)7-18/h4-5,12H,6H2,1-3H3,(H,19,22)(H,20,21). The molecule has 1 amide bonds. The van der Waals surface area contributed by atoms with Crippen molar-refractivity contribution < 1.29 is 28.2 Å². The second kappa shape index (κ2) is 7.05. The molecule has 0 radical (unpaired) electrons.